The van der Waals surface area contributed by atoms with Gasteiger partial charge in [0, 0.05) is 18.7 Å². The number of non-ortho nitro benzene ring substituents is 1. The van der Waals surface area contributed by atoms with E-state index < -0.39 is 17.1 Å². The van der Waals surface area contributed by atoms with Crippen LogP contribution in [0.5, 0.6) is 0 Å². The molecule has 0 radical (unpaired) electrons. The molecule has 0 fully saturated rings. The second-order valence-electron chi connectivity index (χ2n) is 3.89. The summed E-state index contributed by atoms with van der Waals surface area (Å²) in [5.74, 6) is 0. The lowest BCUT2D eigenvalue weighted by molar-refractivity contribution is -0.384. The summed E-state index contributed by atoms with van der Waals surface area (Å²) in [6, 6.07) is 2.37. The highest BCUT2D eigenvalue weighted by Crippen LogP contribution is 2.29. The molecule has 0 bridgehead atoms. The van der Waals surface area contributed by atoms with Crippen molar-refractivity contribution < 1.29 is 18.1 Å². The van der Waals surface area contributed by atoms with E-state index >= 15 is 0 Å². The molecule has 1 heterocycles. The molecule has 17 heavy (non-hydrogen) atoms. The Morgan fingerprint density at radius 3 is 2.65 bits per heavy atom. The Morgan fingerprint density at radius 1 is 1.35 bits per heavy atom. The van der Waals surface area contributed by atoms with Crippen LogP contribution < -0.4 is 5.32 Å². The predicted octanol–water partition coefficient (Wildman–Crippen LogP) is 2.17. The molecule has 7 heteroatoms. The van der Waals surface area contributed by atoms with Gasteiger partial charge in [-0.2, -0.15) is 13.2 Å². The van der Waals surface area contributed by atoms with E-state index in [0.717, 1.165) is 0 Å². The van der Waals surface area contributed by atoms with Crippen LogP contribution in [0.4, 0.5) is 18.9 Å². The minimum absolute atomic E-state index is 0.00118. The van der Waals surface area contributed by atoms with Crippen molar-refractivity contribution in [3.05, 3.63) is 39.4 Å². The molecular weight excluding hydrogens is 237 g/mol. The standard InChI is InChI=1S/C10H9F3N2O2/c11-10(12,13)9-4-6-1-2-8(15(16)17)3-7(6)5-14-9/h1-3,9,14H,4-5H2/t9-/m0/s1. The van der Waals surface area contributed by atoms with Gasteiger partial charge in [0.15, 0.2) is 0 Å². The van der Waals surface area contributed by atoms with Crippen molar-refractivity contribution in [3.8, 4) is 0 Å². The van der Waals surface area contributed by atoms with Gasteiger partial charge in [0.2, 0.25) is 0 Å². The van der Waals surface area contributed by atoms with Gasteiger partial charge in [-0.15, -0.1) is 0 Å². The SMILES string of the molecule is O=[N+]([O-])c1ccc2c(c1)CN[C@H](C(F)(F)F)C2. The first-order chi connectivity index (χ1) is 7.88. The normalized spacial score (nSPS) is 19.8. The Morgan fingerprint density at radius 2 is 2.06 bits per heavy atom. The molecular formula is C10H9F3N2O2. The monoisotopic (exact) mass is 246 g/mol. The number of hydrogen-bond donors (Lipinski definition) is 1. The summed E-state index contributed by atoms with van der Waals surface area (Å²) in [7, 11) is 0. The van der Waals surface area contributed by atoms with Crippen LogP contribution >= 0.6 is 0 Å². The zero-order valence-corrected chi connectivity index (χ0v) is 8.62. The van der Waals surface area contributed by atoms with Gasteiger partial charge in [-0.3, -0.25) is 10.1 Å². The van der Waals surface area contributed by atoms with E-state index in [-0.39, 0.29) is 18.7 Å². The van der Waals surface area contributed by atoms with E-state index in [1.807, 2.05) is 0 Å². The first-order valence-electron chi connectivity index (χ1n) is 4.94. The summed E-state index contributed by atoms with van der Waals surface area (Å²) in [6.45, 7) is 0.00118. The molecule has 0 aliphatic carbocycles. The van der Waals surface area contributed by atoms with Crippen molar-refractivity contribution in [1.82, 2.24) is 5.32 Å². The van der Waals surface area contributed by atoms with Crippen LogP contribution in [0.2, 0.25) is 0 Å². The summed E-state index contributed by atoms with van der Waals surface area (Å²) in [5, 5.41) is 12.8. The molecule has 0 unspecified atom stereocenters. The number of halogens is 3. The maximum Gasteiger partial charge on any atom is 0.404 e. The number of nitro groups is 1. The van der Waals surface area contributed by atoms with Gasteiger partial charge in [0.25, 0.3) is 5.69 Å². The lowest BCUT2D eigenvalue weighted by atomic mass is 9.95. The van der Waals surface area contributed by atoms with Crippen molar-refractivity contribution in [1.29, 1.82) is 0 Å². The molecule has 0 saturated carbocycles. The number of fused-ring (bicyclic) bond motifs is 1. The van der Waals surface area contributed by atoms with E-state index in [9.17, 15) is 23.3 Å². The van der Waals surface area contributed by atoms with Gasteiger partial charge in [-0.05, 0) is 17.5 Å². The van der Waals surface area contributed by atoms with Crippen LogP contribution in [-0.4, -0.2) is 17.1 Å². The van der Waals surface area contributed by atoms with Crippen molar-refractivity contribution in [2.45, 2.75) is 25.2 Å². The molecule has 1 atom stereocenters. The minimum atomic E-state index is -4.29. The fraction of sp³-hybridized carbons (Fsp3) is 0.400. The van der Waals surface area contributed by atoms with Gasteiger partial charge in [-0.25, -0.2) is 0 Å². The van der Waals surface area contributed by atoms with Crippen LogP contribution in [0.15, 0.2) is 18.2 Å². The summed E-state index contributed by atoms with van der Waals surface area (Å²) in [4.78, 5) is 9.96. The number of benzene rings is 1. The topological polar surface area (TPSA) is 55.2 Å². The zero-order chi connectivity index (χ0) is 12.6. The van der Waals surface area contributed by atoms with Crippen LogP contribution in [-0.2, 0) is 13.0 Å². The number of alkyl halides is 3. The molecule has 1 aliphatic rings. The zero-order valence-electron chi connectivity index (χ0n) is 8.62. The maximum absolute atomic E-state index is 12.5. The maximum atomic E-state index is 12.5. The molecule has 4 nitrogen and oxygen atoms in total. The second kappa shape index (κ2) is 3.99. The number of nitro benzene ring substituents is 1. The Balaban J connectivity index is 2.26. The summed E-state index contributed by atoms with van der Waals surface area (Å²) in [6.07, 6.45) is -4.48. The third kappa shape index (κ3) is 2.38. The van der Waals surface area contributed by atoms with Crippen molar-refractivity contribution in [2.24, 2.45) is 0 Å². The average molecular weight is 246 g/mol. The highest BCUT2D eigenvalue weighted by Gasteiger charge is 2.41. The highest BCUT2D eigenvalue weighted by atomic mass is 19.4. The van der Waals surface area contributed by atoms with Crippen molar-refractivity contribution in [2.75, 3.05) is 0 Å². The van der Waals surface area contributed by atoms with Gasteiger partial charge < -0.3 is 5.32 Å². The molecule has 92 valence electrons. The fourth-order valence-corrected chi connectivity index (χ4v) is 1.85. The first kappa shape index (κ1) is 11.8. The largest absolute Gasteiger partial charge is 0.404 e. The van der Waals surface area contributed by atoms with E-state index in [1.165, 1.54) is 18.2 Å². The van der Waals surface area contributed by atoms with Gasteiger partial charge >= 0.3 is 6.18 Å². The molecule has 0 aromatic heterocycles. The number of nitrogens with one attached hydrogen (secondary N) is 1. The van der Waals surface area contributed by atoms with Crippen LogP contribution in [0.1, 0.15) is 11.1 Å². The van der Waals surface area contributed by atoms with Gasteiger partial charge in [-0.1, -0.05) is 6.07 Å². The number of rotatable bonds is 1. The number of hydrogen-bond acceptors (Lipinski definition) is 3. The average Bonchev–Trinajstić information content (AvgIpc) is 2.26. The Kier molecular flexibility index (Phi) is 2.78. The van der Waals surface area contributed by atoms with Crippen LogP contribution in [0.25, 0.3) is 0 Å². The smallest absolute Gasteiger partial charge is 0.302 e. The third-order valence-corrected chi connectivity index (χ3v) is 2.76. The molecule has 0 amide bonds. The second-order valence-corrected chi connectivity index (χ2v) is 3.89. The van der Waals surface area contributed by atoms with E-state index in [0.29, 0.717) is 11.1 Å². The summed E-state index contributed by atoms with van der Waals surface area (Å²) >= 11 is 0. The molecule has 0 spiro atoms. The first-order valence-corrected chi connectivity index (χ1v) is 4.94. The molecule has 0 saturated heterocycles. The third-order valence-electron chi connectivity index (χ3n) is 2.76. The highest BCUT2D eigenvalue weighted by molar-refractivity contribution is 5.41. The molecule has 2 rings (SSSR count). The van der Waals surface area contributed by atoms with Gasteiger partial charge in [0.05, 0.1) is 4.92 Å². The van der Waals surface area contributed by atoms with Gasteiger partial charge in [0.1, 0.15) is 6.04 Å². The molecule has 1 aliphatic heterocycles. The lowest BCUT2D eigenvalue weighted by Crippen LogP contribution is -2.46. The van der Waals surface area contributed by atoms with Crippen LogP contribution in [0.3, 0.4) is 0 Å². The van der Waals surface area contributed by atoms with Crippen LogP contribution in [0, 0.1) is 10.1 Å². The molecule has 1 N–H and O–H groups in total. The molecule has 1 aromatic rings. The Bertz CT molecular complexity index is 459. The van der Waals surface area contributed by atoms with E-state index in [1.54, 1.807) is 0 Å². The number of nitrogens with zero attached hydrogens (tertiary/aromatic N) is 1. The fourth-order valence-electron chi connectivity index (χ4n) is 1.85. The predicted molar refractivity (Wildman–Crippen MR) is 53.5 cm³/mol. The van der Waals surface area contributed by atoms with Crippen molar-refractivity contribution >= 4 is 5.69 Å². The quantitative estimate of drug-likeness (QED) is 0.610. The van der Waals surface area contributed by atoms with E-state index in [2.05, 4.69) is 5.32 Å². The minimum Gasteiger partial charge on any atom is -0.302 e. The Labute approximate surface area is 94.6 Å². The summed E-state index contributed by atoms with van der Waals surface area (Å²) in [5.41, 5.74) is 0.965. The Hall–Kier alpha value is -1.63. The summed E-state index contributed by atoms with van der Waals surface area (Å²) < 4.78 is 37.4. The lowest BCUT2D eigenvalue weighted by Gasteiger charge is -2.27. The van der Waals surface area contributed by atoms with Crippen molar-refractivity contribution in [3.63, 3.8) is 0 Å². The molecule has 1 aromatic carbocycles. The van der Waals surface area contributed by atoms with E-state index in [4.69, 9.17) is 0 Å².